The van der Waals surface area contributed by atoms with Gasteiger partial charge in [0, 0.05) is 18.0 Å². The van der Waals surface area contributed by atoms with E-state index in [1.807, 2.05) is 23.8 Å². The van der Waals surface area contributed by atoms with Crippen molar-refractivity contribution in [3.63, 3.8) is 0 Å². The average molecular weight is 395 g/mol. The lowest BCUT2D eigenvalue weighted by Gasteiger charge is -2.04. The second-order valence-corrected chi connectivity index (χ2v) is 9.06. The van der Waals surface area contributed by atoms with Gasteiger partial charge >= 0.3 is 0 Å². The molecule has 0 fully saturated rings. The van der Waals surface area contributed by atoms with Crippen molar-refractivity contribution in [1.82, 2.24) is 10.0 Å². The van der Waals surface area contributed by atoms with Gasteiger partial charge in [0.1, 0.15) is 4.90 Å². The predicted molar refractivity (Wildman–Crippen MR) is 87.7 cm³/mol. The molecule has 0 aromatic carbocycles. The lowest BCUT2D eigenvalue weighted by Crippen LogP contribution is -2.22. The molecule has 0 unspecified atom stereocenters. The lowest BCUT2D eigenvalue weighted by molar-refractivity contribution is 0.581. The first-order chi connectivity index (χ1) is 9.53. The number of halogens is 1. The SMILES string of the molecule is CCNCc1cc(S(=O)(=O)NCc2ccsc2)c(Br)s1. The van der Waals surface area contributed by atoms with Crippen LogP contribution in [-0.4, -0.2) is 15.0 Å². The Bertz CT molecular complexity index is 650. The van der Waals surface area contributed by atoms with Crippen LogP contribution in [0.15, 0.2) is 31.6 Å². The molecule has 0 atom stereocenters. The van der Waals surface area contributed by atoms with Gasteiger partial charge in [-0.1, -0.05) is 6.92 Å². The Morgan fingerprint density at radius 2 is 2.15 bits per heavy atom. The molecule has 0 saturated heterocycles. The zero-order valence-corrected chi connectivity index (χ0v) is 14.9. The van der Waals surface area contributed by atoms with Crippen LogP contribution in [0.25, 0.3) is 0 Å². The molecule has 4 nitrogen and oxygen atoms in total. The quantitative estimate of drug-likeness (QED) is 0.757. The van der Waals surface area contributed by atoms with Crippen molar-refractivity contribution >= 4 is 48.6 Å². The molecule has 0 radical (unpaired) electrons. The molecule has 110 valence electrons. The molecule has 2 rings (SSSR count). The lowest BCUT2D eigenvalue weighted by atomic mass is 10.4. The van der Waals surface area contributed by atoms with Gasteiger partial charge in [-0.2, -0.15) is 11.3 Å². The van der Waals surface area contributed by atoms with Crippen LogP contribution in [0.4, 0.5) is 0 Å². The summed E-state index contributed by atoms with van der Waals surface area (Å²) < 4.78 is 27.8. The second kappa shape index (κ2) is 7.15. The van der Waals surface area contributed by atoms with Gasteiger partial charge in [-0.15, -0.1) is 11.3 Å². The molecule has 8 heteroatoms. The minimum absolute atomic E-state index is 0.311. The summed E-state index contributed by atoms with van der Waals surface area (Å²) in [7, 11) is -3.48. The minimum Gasteiger partial charge on any atom is -0.312 e. The van der Waals surface area contributed by atoms with E-state index in [0.29, 0.717) is 21.8 Å². The third kappa shape index (κ3) is 4.12. The fourth-order valence-electron chi connectivity index (χ4n) is 1.57. The highest BCUT2D eigenvalue weighted by atomic mass is 79.9. The molecule has 0 aliphatic rings. The smallest absolute Gasteiger partial charge is 0.242 e. The molecule has 0 bridgehead atoms. The van der Waals surface area contributed by atoms with Crippen molar-refractivity contribution in [2.24, 2.45) is 0 Å². The third-order valence-corrected chi connectivity index (χ3v) is 6.98. The van der Waals surface area contributed by atoms with E-state index in [-0.39, 0.29) is 0 Å². The molecule has 2 N–H and O–H groups in total. The topological polar surface area (TPSA) is 58.2 Å². The summed E-state index contributed by atoms with van der Waals surface area (Å²) in [6, 6.07) is 3.62. The maximum Gasteiger partial charge on any atom is 0.242 e. The highest BCUT2D eigenvalue weighted by Gasteiger charge is 2.20. The summed E-state index contributed by atoms with van der Waals surface area (Å²) in [5, 5.41) is 7.05. The molecule has 2 heterocycles. The Morgan fingerprint density at radius 1 is 1.35 bits per heavy atom. The summed E-state index contributed by atoms with van der Waals surface area (Å²) in [6.07, 6.45) is 0. The molecule has 0 amide bonds. The standard InChI is InChI=1S/C12H15BrN2O2S3/c1-2-14-7-10-5-11(12(13)19-10)20(16,17)15-6-9-3-4-18-8-9/h3-5,8,14-15H,2,6-7H2,1H3. The zero-order valence-electron chi connectivity index (χ0n) is 10.8. The summed E-state index contributed by atoms with van der Waals surface area (Å²) in [5.41, 5.74) is 0.970. The van der Waals surface area contributed by atoms with Crippen molar-refractivity contribution in [3.8, 4) is 0 Å². The van der Waals surface area contributed by atoms with Crippen molar-refractivity contribution in [1.29, 1.82) is 0 Å². The van der Waals surface area contributed by atoms with Crippen LogP contribution in [0.1, 0.15) is 17.4 Å². The van der Waals surface area contributed by atoms with Gasteiger partial charge in [0.25, 0.3) is 0 Å². The van der Waals surface area contributed by atoms with Crippen LogP contribution >= 0.6 is 38.6 Å². The molecule has 20 heavy (non-hydrogen) atoms. The van der Waals surface area contributed by atoms with E-state index in [1.165, 1.54) is 11.3 Å². The van der Waals surface area contributed by atoms with E-state index < -0.39 is 10.0 Å². The second-order valence-electron chi connectivity index (χ2n) is 4.09. The first kappa shape index (κ1) is 16.1. The Labute approximate surface area is 135 Å². The first-order valence-corrected chi connectivity index (χ1v) is 10.1. The van der Waals surface area contributed by atoms with Crippen LogP contribution in [0, 0.1) is 0 Å². The predicted octanol–water partition coefficient (Wildman–Crippen LogP) is 3.16. The number of hydrogen-bond acceptors (Lipinski definition) is 5. The molecular formula is C12H15BrN2O2S3. The normalized spacial score (nSPS) is 11.9. The summed E-state index contributed by atoms with van der Waals surface area (Å²) in [4.78, 5) is 1.31. The van der Waals surface area contributed by atoms with Crippen LogP contribution in [0.2, 0.25) is 0 Å². The number of hydrogen-bond donors (Lipinski definition) is 2. The average Bonchev–Trinajstić information content (AvgIpc) is 3.03. The van der Waals surface area contributed by atoms with E-state index in [1.54, 1.807) is 17.4 Å². The molecule has 2 aromatic heterocycles. The van der Waals surface area contributed by atoms with Gasteiger partial charge in [0.05, 0.1) is 3.79 Å². The van der Waals surface area contributed by atoms with Crippen molar-refractivity contribution in [2.45, 2.75) is 24.9 Å². The number of sulfonamides is 1. The summed E-state index contributed by atoms with van der Waals surface area (Å²) in [5.74, 6) is 0. The van der Waals surface area contributed by atoms with E-state index in [2.05, 4.69) is 26.0 Å². The Kier molecular flexibility index (Phi) is 5.76. The van der Waals surface area contributed by atoms with Crippen LogP contribution in [0.5, 0.6) is 0 Å². The fraction of sp³-hybridized carbons (Fsp3) is 0.333. The first-order valence-electron chi connectivity index (χ1n) is 6.02. The Hall–Kier alpha value is -0.250. The summed E-state index contributed by atoms with van der Waals surface area (Å²) >= 11 is 6.33. The van der Waals surface area contributed by atoms with Gasteiger partial charge in [-0.05, 0) is 50.9 Å². The Balaban J connectivity index is 2.10. The van der Waals surface area contributed by atoms with Gasteiger partial charge in [0.2, 0.25) is 10.0 Å². The van der Waals surface area contributed by atoms with Crippen LogP contribution < -0.4 is 10.0 Å². The monoisotopic (exact) mass is 394 g/mol. The van der Waals surface area contributed by atoms with Gasteiger partial charge < -0.3 is 5.32 Å². The molecule has 0 aliphatic heterocycles. The maximum atomic E-state index is 12.3. The van der Waals surface area contributed by atoms with Gasteiger partial charge in [-0.3, -0.25) is 0 Å². The van der Waals surface area contributed by atoms with Crippen molar-refractivity contribution < 1.29 is 8.42 Å². The molecular weight excluding hydrogens is 380 g/mol. The molecule has 0 aliphatic carbocycles. The molecule has 0 saturated carbocycles. The van der Waals surface area contributed by atoms with Crippen LogP contribution in [0.3, 0.4) is 0 Å². The summed E-state index contributed by atoms with van der Waals surface area (Å²) in [6.45, 7) is 3.87. The molecule has 2 aromatic rings. The third-order valence-electron chi connectivity index (χ3n) is 2.59. The van der Waals surface area contributed by atoms with E-state index in [0.717, 1.165) is 17.0 Å². The van der Waals surface area contributed by atoms with E-state index >= 15 is 0 Å². The van der Waals surface area contributed by atoms with Crippen molar-refractivity contribution in [2.75, 3.05) is 6.54 Å². The highest BCUT2D eigenvalue weighted by Crippen LogP contribution is 2.31. The largest absolute Gasteiger partial charge is 0.312 e. The number of thiophene rings is 2. The number of rotatable bonds is 7. The fourth-order valence-corrected chi connectivity index (χ4v) is 5.90. The maximum absolute atomic E-state index is 12.3. The highest BCUT2D eigenvalue weighted by molar-refractivity contribution is 9.11. The van der Waals surface area contributed by atoms with Crippen molar-refractivity contribution in [3.05, 3.63) is 37.1 Å². The van der Waals surface area contributed by atoms with Gasteiger partial charge in [-0.25, -0.2) is 13.1 Å². The van der Waals surface area contributed by atoms with E-state index in [9.17, 15) is 8.42 Å². The van der Waals surface area contributed by atoms with Gasteiger partial charge in [0.15, 0.2) is 0 Å². The number of nitrogens with one attached hydrogen (secondary N) is 2. The Morgan fingerprint density at radius 3 is 2.80 bits per heavy atom. The van der Waals surface area contributed by atoms with E-state index in [4.69, 9.17) is 0 Å². The minimum atomic E-state index is -3.48. The molecule has 0 spiro atoms. The zero-order chi connectivity index (χ0) is 14.6. The van der Waals surface area contributed by atoms with Crippen LogP contribution in [-0.2, 0) is 23.1 Å².